The van der Waals surface area contributed by atoms with Crippen LogP contribution in [-0.2, 0) is 19.1 Å². The van der Waals surface area contributed by atoms with Gasteiger partial charge in [-0.3, -0.25) is 9.59 Å². The van der Waals surface area contributed by atoms with Crippen LogP contribution < -0.4 is 0 Å². The number of ether oxygens (including phenoxy) is 2. The van der Waals surface area contributed by atoms with Gasteiger partial charge in [0.15, 0.2) is 0 Å². The molecule has 2 aromatic rings. The first-order valence-corrected chi connectivity index (χ1v) is 8.36. The Labute approximate surface area is 147 Å². The maximum Gasteiger partial charge on any atom is 0.331 e. The molecule has 0 radical (unpaired) electrons. The molecule has 0 unspecified atom stereocenters. The summed E-state index contributed by atoms with van der Waals surface area (Å²) in [5, 5.41) is 10.9. The molecule has 0 amide bonds. The van der Waals surface area contributed by atoms with Gasteiger partial charge in [0.2, 0.25) is 10.4 Å². The van der Waals surface area contributed by atoms with Crippen molar-refractivity contribution >= 4 is 35.3 Å². The number of esters is 2. The molecule has 1 aromatic carbocycles. The minimum absolute atomic E-state index is 0.150. The van der Waals surface area contributed by atoms with Crippen molar-refractivity contribution in [3.63, 3.8) is 0 Å². The van der Waals surface area contributed by atoms with E-state index in [2.05, 4.69) is 15.5 Å². The lowest BCUT2D eigenvalue weighted by Gasteiger charge is -2.13. The van der Waals surface area contributed by atoms with E-state index in [1.54, 1.807) is 38.1 Å². The summed E-state index contributed by atoms with van der Waals surface area (Å²) in [7, 11) is 0. The van der Waals surface area contributed by atoms with Crippen LogP contribution in [0.4, 0.5) is 0 Å². The highest BCUT2D eigenvalue weighted by molar-refractivity contribution is 8.01. The number of carbonyl (C=O) groups is 2. The van der Waals surface area contributed by atoms with E-state index < -0.39 is 17.2 Å². The number of hydrogen-bond donors (Lipinski definition) is 0. The Morgan fingerprint density at radius 3 is 2.29 bits per heavy atom. The molecule has 0 spiro atoms. The molecule has 0 aliphatic heterocycles. The number of halogens is 1. The number of carbonyl (C=O) groups excluding carboxylic acids is 2. The van der Waals surface area contributed by atoms with E-state index >= 15 is 0 Å². The van der Waals surface area contributed by atoms with Gasteiger partial charge in [0.25, 0.3) is 0 Å². The van der Waals surface area contributed by atoms with E-state index in [0.717, 1.165) is 11.8 Å². The zero-order valence-corrected chi connectivity index (χ0v) is 14.6. The smallest absolute Gasteiger partial charge is 0.331 e. The minimum atomic E-state index is -1.21. The van der Waals surface area contributed by atoms with Crippen LogP contribution in [0, 0.1) is 0 Å². The highest BCUT2D eigenvalue weighted by atomic mass is 35.5. The van der Waals surface area contributed by atoms with E-state index in [1.165, 1.54) is 4.68 Å². The van der Waals surface area contributed by atoms with Gasteiger partial charge in [-0.05, 0) is 48.5 Å². The Bertz CT molecular complexity index is 689. The third kappa shape index (κ3) is 4.45. The molecule has 1 heterocycles. The minimum Gasteiger partial charge on any atom is -0.465 e. The van der Waals surface area contributed by atoms with Crippen LogP contribution in [0.15, 0.2) is 29.4 Å². The maximum absolute atomic E-state index is 12.0. The summed E-state index contributed by atoms with van der Waals surface area (Å²) in [5.41, 5.74) is 0.637. The molecule has 0 N–H and O–H groups in total. The first-order chi connectivity index (χ1) is 11.6. The molecular weight excluding hydrogens is 356 g/mol. The molecule has 2 rings (SSSR count). The number of aromatic nitrogens is 4. The van der Waals surface area contributed by atoms with Gasteiger partial charge in [-0.15, -0.1) is 5.10 Å². The highest BCUT2D eigenvalue weighted by Gasteiger charge is 2.33. The highest BCUT2D eigenvalue weighted by Crippen LogP contribution is 2.25. The second kappa shape index (κ2) is 8.65. The van der Waals surface area contributed by atoms with Gasteiger partial charge in [0.05, 0.1) is 18.9 Å². The Morgan fingerprint density at radius 1 is 1.17 bits per heavy atom. The third-order valence-corrected chi connectivity index (χ3v) is 4.07. The summed E-state index contributed by atoms with van der Waals surface area (Å²) in [6.45, 7) is 3.61. The molecule has 24 heavy (non-hydrogen) atoms. The Morgan fingerprint density at radius 2 is 1.75 bits per heavy atom. The van der Waals surface area contributed by atoms with Crippen molar-refractivity contribution in [3.05, 3.63) is 29.3 Å². The first-order valence-electron chi connectivity index (χ1n) is 7.11. The van der Waals surface area contributed by atoms with Crippen molar-refractivity contribution in [2.75, 3.05) is 13.2 Å². The van der Waals surface area contributed by atoms with Crippen LogP contribution in [-0.4, -0.2) is 50.6 Å². The van der Waals surface area contributed by atoms with E-state index in [0.29, 0.717) is 10.7 Å². The monoisotopic (exact) mass is 370 g/mol. The Balaban J connectivity index is 2.26. The van der Waals surface area contributed by atoms with Crippen molar-refractivity contribution in [3.8, 4) is 5.69 Å². The lowest BCUT2D eigenvalue weighted by molar-refractivity contribution is -0.152. The molecule has 0 saturated carbocycles. The molecule has 0 aliphatic rings. The van der Waals surface area contributed by atoms with Gasteiger partial charge in [0, 0.05) is 5.02 Å². The fourth-order valence-electron chi connectivity index (χ4n) is 1.73. The van der Waals surface area contributed by atoms with Crippen LogP contribution in [0.25, 0.3) is 5.69 Å². The number of rotatable bonds is 7. The summed E-state index contributed by atoms with van der Waals surface area (Å²) in [5.74, 6) is -1.40. The van der Waals surface area contributed by atoms with E-state index in [1.807, 2.05) is 0 Å². The SMILES string of the molecule is CCOC(=O)C(Sc1nnnn1-c1ccc(Cl)cc1)C(=O)OCC. The molecule has 10 heteroatoms. The average Bonchev–Trinajstić information content (AvgIpc) is 3.02. The molecule has 0 aliphatic carbocycles. The summed E-state index contributed by atoms with van der Waals surface area (Å²) < 4.78 is 11.2. The van der Waals surface area contributed by atoms with Gasteiger partial charge >= 0.3 is 11.9 Å². The molecule has 0 saturated heterocycles. The fourth-order valence-corrected chi connectivity index (χ4v) is 2.72. The quantitative estimate of drug-likeness (QED) is 0.414. The van der Waals surface area contributed by atoms with Gasteiger partial charge < -0.3 is 9.47 Å². The zero-order valence-electron chi connectivity index (χ0n) is 13.0. The number of hydrogen-bond acceptors (Lipinski definition) is 8. The van der Waals surface area contributed by atoms with Crippen molar-refractivity contribution < 1.29 is 19.1 Å². The summed E-state index contributed by atoms with van der Waals surface area (Å²) in [4.78, 5) is 24.1. The second-order valence-electron chi connectivity index (χ2n) is 4.35. The number of nitrogens with zero attached hydrogens (tertiary/aromatic N) is 4. The average molecular weight is 371 g/mol. The van der Waals surface area contributed by atoms with Crippen molar-refractivity contribution in [1.82, 2.24) is 20.2 Å². The van der Waals surface area contributed by atoms with Gasteiger partial charge in [0.1, 0.15) is 0 Å². The lowest BCUT2D eigenvalue weighted by Crippen LogP contribution is -2.31. The second-order valence-corrected chi connectivity index (χ2v) is 5.86. The maximum atomic E-state index is 12.0. The van der Waals surface area contributed by atoms with E-state index in [9.17, 15) is 9.59 Å². The molecule has 0 fully saturated rings. The molecular formula is C14H15ClN4O4S. The molecule has 1 aromatic heterocycles. The zero-order chi connectivity index (χ0) is 17.5. The molecule has 0 bridgehead atoms. The predicted octanol–water partition coefficient (Wildman–Crippen LogP) is 1.90. The van der Waals surface area contributed by atoms with Crippen LogP contribution in [0.3, 0.4) is 0 Å². The third-order valence-electron chi connectivity index (χ3n) is 2.74. The van der Waals surface area contributed by atoms with Crippen LogP contribution in [0.5, 0.6) is 0 Å². The number of benzene rings is 1. The Hall–Kier alpha value is -2.13. The van der Waals surface area contributed by atoms with Gasteiger partial charge in [-0.2, -0.15) is 4.68 Å². The Kier molecular flexibility index (Phi) is 6.56. The van der Waals surface area contributed by atoms with Crippen molar-refractivity contribution in [2.24, 2.45) is 0 Å². The summed E-state index contributed by atoms with van der Waals surface area (Å²) in [6, 6.07) is 6.79. The molecule has 0 atom stereocenters. The van der Waals surface area contributed by atoms with Gasteiger partial charge in [-0.1, -0.05) is 23.4 Å². The van der Waals surface area contributed by atoms with Gasteiger partial charge in [-0.25, -0.2) is 0 Å². The van der Waals surface area contributed by atoms with E-state index in [-0.39, 0.29) is 18.4 Å². The predicted molar refractivity (Wildman–Crippen MR) is 87.1 cm³/mol. The molecule has 128 valence electrons. The lowest BCUT2D eigenvalue weighted by atomic mass is 10.3. The number of tetrazole rings is 1. The van der Waals surface area contributed by atoms with Crippen molar-refractivity contribution in [1.29, 1.82) is 0 Å². The standard InChI is InChI=1S/C14H15ClN4O4S/c1-3-22-12(20)11(13(21)23-4-2)24-14-16-17-18-19(14)10-7-5-9(15)6-8-10/h5-8,11H,3-4H2,1-2H3. The van der Waals surface area contributed by atoms with Crippen LogP contribution in [0.1, 0.15) is 13.8 Å². The van der Waals surface area contributed by atoms with Crippen molar-refractivity contribution in [2.45, 2.75) is 24.3 Å². The summed E-state index contributed by atoms with van der Waals surface area (Å²) >= 11 is 6.72. The first kappa shape index (κ1) is 18.2. The topological polar surface area (TPSA) is 96.2 Å². The normalized spacial score (nSPS) is 10.7. The number of thioether (sulfide) groups is 1. The van der Waals surface area contributed by atoms with Crippen LogP contribution >= 0.6 is 23.4 Å². The largest absolute Gasteiger partial charge is 0.465 e. The van der Waals surface area contributed by atoms with Crippen LogP contribution in [0.2, 0.25) is 5.02 Å². The fraction of sp³-hybridized carbons (Fsp3) is 0.357. The summed E-state index contributed by atoms with van der Waals surface area (Å²) in [6.07, 6.45) is 0. The van der Waals surface area contributed by atoms with E-state index in [4.69, 9.17) is 21.1 Å². The molecule has 8 nitrogen and oxygen atoms in total.